The lowest BCUT2D eigenvalue weighted by Crippen LogP contribution is -2.49. The third kappa shape index (κ3) is 5.11. The third-order valence-electron chi connectivity index (χ3n) is 7.18. The van der Waals surface area contributed by atoms with Gasteiger partial charge in [-0.3, -0.25) is 9.59 Å². The van der Waals surface area contributed by atoms with E-state index >= 15 is 0 Å². The Balaban J connectivity index is 1.62. The molecule has 1 aromatic carbocycles. The number of halogens is 3. The molecule has 2 heterocycles. The number of hydrogen-bond acceptors (Lipinski definition) is 5. The quantitative estimate of drug-likeness (QED) is 0.529. The highest BCUT2D eigenvalue weighted by molar-refractivity contribution is 7.91. The number of nitrogens with zero attached hydrogens (tertiary/aromatic N) is 2. The number of sulfone groups is 1. The molecule has 1 saturated heterocycles. The van der Waals surface area contributed by atoms with Crippen LogP contribution in [0.15, 0.2) is 35.5 Å². The second-order valence-electron chi connectivity index (χ2n) is 9.58. The Hall–Kier alpha value is -2.59. The molecule has 0 unspecified atom stereocenters. The molecule has 4 rings (SSSR count). The van der Waals surface area contributed by atoms with Gasteiger partial charge in [0.25, 0.3) is 5.91 Å². The Morgan fingerprint density at radius 2 is 1.89 bits per heavy atom. The van der Waals surface area contributed by atoms with E-state index in [1.54, 1.807) is 0 Å². The molecule has 1 aliphatic carbocycles. The highest BCUT2D eigenvalue weighted by Crippen LogP contribution is 2.43. The van der Waals surface area contributed by atoms with Gasteiger partial charge in [0.2, 0.25) is 5.91 Å². The van der Waals surface area contributed by atoms with E-state index in [2.05, 4.69) is 10.3 Å². The Kier molecular flexibility index (Phi) is 7.39. The predicted molar refractivity (Wildman–Crippen MR) is 130 cm³/mol. The average Bonchev–Trinajstić information content (AvgIpc) is 3.65. The van der Waals surface area contributed by atoms with Gasteiger partial charge < -0.3 is 10.2 Å². The zero-order valence-electron chi connectivity index (χ0n) is 20.2. The first kappa shape index (κ1) is 26.5. The van der Waals surface area contributed by atoms with Gasteiger partial charge in [-0.2, -0.15) is 0 Å². The van der Waals surface area contributed by atoms with Crippen LogP contribution in [-0.4, -0.2) is 48.0 Å². The number of amides is 2. The van der Waals surface area contributed by atoms with Crippen LogP contribution in [0.4, 0.5) is 8.78 Å². The molecule has 1 saturated carbocycles. The van der Waals surface area contributed by atoms with E-state index in [0.29, 0.717) is 6.42 Å². The van der Waals surface area contributed by atoms with Crippen molar-refractivity contribution < 1.29 is 26.8 Å². The van der Waals surface area contributed by atoms with Crippen LogP contribution < -0.4 is 5.32 Å². The molecule has 11 heteroatoms. The van der Waals surface area contributed by atoms with Gasteiger partial charge in [0.05, 0.1) is 16.8 Å². The van der Waals surface area contributed by atoms with Gasteiger partial charge in [-0.25, -0.2) is 22.2 Å². The maximum Gasteiger partial charge on any atom is 0.254 e. The Bertz CT molecular complexity index is 1300. The van der Waals surface area contributed by atoms with E-state index in [1.807, 2.05) is 13.8 Å². The summed E-state index contributed by atoms with van der Waals surface area (Å²) in [6, 6.07) is 2.63. The van der Waals surface area contributed by atoms with Crippen LogP contribution in [-0.2, 0) is 14.6 Å². The van der Waals surface area contributed by atoms with Crippen molar-refractivity contribution in [3.05, 3.63) is 58.2 Å². The van der Waals surface area contributed by atoms with Crippen LogP contribution in [0, 0.1) is 23.5 Å². The summed E-state index contributed by atoms with van der Waals surface area (Å²) in [6.07, 6.45) is 3.13. The summed E-state index contributed by atoms with van der Waals surface area (Å²) in [5.74, 6) is -2.68. The van der Waals surface area contributed by atoms with Gasteiger partial charge in [0.1, 0.15) is 17.7 Å². The van der Waals surface area contributed by atoms with Crippen LogP contribution in [0.2, 0.25) is 5.02 Å². The number of pyridine rings is 1. The van der Waals surface area contributed by atoms with E-state index in [1.165, 1.54) is 30.2 Å². The van der Waals surface area contributed by atoms with Crippen molar-refractivity contribution in [1.82, 2.24) is 15.2 Å². The number of likely N-dealkylation sites (tertiary alicyclic amines) is 1. The zero-order chi connectivity index (χ0) is 26.4. The summed E-state index contributed by atoms with van der Waals surface area (Å²) in [6.45, 7) is 5.24. The number of nitrogens with one attached hydrogen (secondary N) is 1. The summed E-state index contributed by atoms with van der Waals surface area (Å²) in [7, 11) is -3.63. The highest BCUT2D eigenvalue weighted by Gasteiger charge is 2.45. The molecule has 2 fully saturated rings. The van der Waals surface area contributed by atoms with Crippen molar-refractivity contribution in [2.24, 2.45) is 11.8 Å². The van der Waals surface area contributed by atoms with Gasteiger partial charge in [-0.15, -0.1) is 0 Å². The predicted octanol–water partition coefficient (Wildman–Crippen LogP) is 4.31. The monoisotopic (exact) mass is 539 g/mol. The summed E-state index contributed by atoms with van der Waals surface area (Å²) in [5, 5.41) is 2.31. The second kappa shape index (κ2) is 10.0. The number of carbonyl (C=O) groups excluding carboxylic acids is 2. The van der Waals surface area contributed by atoms with E-state index < -0.39 is 45.4 Å². The van der Waals surface area contributed by atoms with Crippen LogP contribution in [0.25, 0.3) is 0 Å². The zero-order valence-corrected chi connectivity index (χ0v) is 21.7. The first-order chi connectivity index (χ1) is 16.9. The second-order valence-corrected chi connectivity index (χ2v) is 12.2. The maximum atomic E-state index is 14.7. The smallest absolute Gasteiger partial charge is 0.254 e. The molecule has 4 atom stereocenters. The molecule has 2 aromatic rings. The summed E-state index contributed by atoms with van der Waals surface area (Å²) in [4.78, 5) is 32.3. The van der Waals surface area contributed by atoms with Gasteiger partial charge >= 0.3 is 0 Å². The van der Waals surface area contributed by atoms with Crippen molar-refractivity contribution in [3.8, 4) is 0 Å². The lowest BCUT2D eigenvalue weighted by atomic mass is 9.99. The minimum absolute atomic E-state index is 0.0190. The molecule has 1 N–H and O–H groups in total. The molecule has 194 valence electrons. The molecule has 0 spiro atoms. The Morgan fingerprint density at radius 3 is 2.53 bits per heavy atom. The number of carbonyl (C=O) groups is 2. The largest absolute Gasteiger partial charge is 0.347 e. The fourth-order valence-electron chi connectivity index (χ4n) is 4.69. The normalized spacial score (nSPS) is 22.9. The highest BCUT2D eigenvalue weighted by atomic mass is 35.5. The van der Waals surface area contributed by atoms with E-state index in [9.17, 15) is 26.8 Å². The molecular formula is C25H28ClF2N3O4S. The fourth-order valence-corrected chi connectivity index (χ4v) is 5.67. The Labute approximate surface area is 214 Å². The molecule has 2 amide bonds. The summed E-state index contributed by atoms with van der Waals surface area (Å²) in [5.41, 5.74) is 0.133. The van der Waals surface area contributed by atoms with Gasteiger partial charge in [0.15, 0.2) is 14.9 Å². The van der Waals surface area contributed by atoms with Crippen molar-refractivity contribution in [1.29, 1.82) is 0 Å². The topological polar surface area (TPSA) is 96.4 Å². The standard InChI is InChI=1S/C25H28ClF2N3O4S/c1-4-36(34,35)22-10-16(7-8-29-22)25(33)31-14(3)13(2)9-21(31)24(32)30-23(15-5-6-15)17-11-20(28)18(26)12-19(17)27/h7-8,10-15,21,23H,4-6,9H2,1-3H3,(H,30,32)/t13-,14-,21-,23-/m1/s1. The molecule has 2 aliphatic rings. The fraction of sp³-hybridized carbons (Fsp3) is 0.480. The molecule has 36 heavy (non-hydrogen) atoms. The molecule has 7 nitrogen and oxygen atoms in total. The van der Waals surface area contributed by atoms with Crippen LogP contribution in [0.3, 0.4) is 0 Å². The lowest BCUT2D eigenvalue weighted by molar-refractivity contribution is -0.126. The van der Waals surface area contributed by atoms with E-state index in [4.69, 9.17) is 11.6 Å². The van der Waals surface area contributed by atoms with Crippen LogP contribution in [0.1, 0.15) is 62.0 Å². The van der Waals surface area contributed by atoms with Gasteiger partial charge in [-0.05, 0) is 62.3 Å². The number of rotatable bonds is 7. The van der Waals surface area contributed by atoms with E-state index in [-0.39, 0.29) is 44.8 Å². The summed E-state index contributed by atoms with van der Waals surface area (Å²) < 4.78 is 53.4. The van der Waals surface area contributed by atoms with E-state index in [0.717, 1.165) is 25.0 Å². The molecule has 1 aromatic heterocycles. The van der Waals surface area contributed by atoms with Crippen molar-refractivity contribution in [2.45, 2.75) is 63.2 Å². The minimum Gasteiger partial charge on any atom is -0.347 e. The van der Waals surface area contributed by atoms with Crippen molar-refractivity contribution in [2.75, 3.05) is 5.75 Å². The average molecular weight is 540 g/mol. The molecule has 0 bridgehead atoms. The first-order valence-electron chi connectivity index (χ1n) is 11.9. The summed E-state index contributed by atoms with van der Waals surface area (Å²) >= 11 is 5.70. The Morgan fingerprint density at radius 1 is 1.19 bits per heavy atom. The number of benzene rings is 1. The maximum absolute atomic E-state index is 14.7. The van der Waals surface area contributed by atoms with Crippen molar-refractivity contribution >= 4 is 33.3 Å². The van der Waals surface area contributed by atoms with Crippen LogP contribution >= 0.6 is 11.6 Å². The van der Waals surface area contributed by atoms with Crippen molar-refractivity contribution in [3.63, 3.8) is 0 Å². The third-order valence-corrected chi connectivity index (χ3v) is 9.09. The van der Waals surface area contributed by atoms with Gasteiger partial charge in [-0.1, -0.05) is 25.4 Å². The molecule has 0 radical (unpaired) electrons. The first-order valence-corrected chi connectivity index (χ1v) is 13.9. The molecular weight excluding hydrogens is 512 g/mol. The minimum atomic E-state index is -3.63. The lowest BCUT2D eigenvalue weighted by Gasteiger charge is -2.30. The SMILES string of the molecule is CCS(=O)(=O)c1cc(C(=O)N2[C@@H](C(=O)N[C@@H](c3cc(F)c(Cl)cc3F)C3CC3)C[C@@H](C)[C@H]2C)ccn1. The van der Waals surface area contributed by atoms with Gasteiger partial charge in [0, 0.05) is 23.4 Å². The molecule has 1 aliphatic heterocycles. The number of hydrogen-bond donors (Lipinski definition) is 1. The van der Waals surface area contributed by atoms with Crippen LogP contribution in [0.5, 0.6) is 0 Å². The number of aromatic nitrogens is 1.